The van der Waals surface area contributed by atoms with E-state index in [-0.39, 0.29) is 10.8 Å². The summed E-state index contributed by atoms with van der Waals surface area (Å²) in [7, 11) is 0. The van der Waals surface area contributed by atoms with Gasteiger partial charge in [0.1, 0.15) is 5.75 Å². The number of allylic oxidation sites excluding steroid dienone is 3. The Morgan fingerprint density at radius 3 is 2.07 bits per heavy atom. The van der Waals surface area contributed by atoms with Crippen LogP contribution in [0.1, 0.15) is 58.2 Å². The van der Waals surface area contributed by atoms with Gasteiger partial charge in [-0.15, -0.1) is 5.73 Å². The number of phenols is 1. The SMILES string of the molecule is CC(C)(C)c1cc(Nc2ccc(C3=C=CC=C3)cc2)c(O)c(C(C)(C)C)c1. The van der Waals surface area contributed by atoms with Gasteiger partial charge < -0.3 is 10.4 Å². The molecule has 2 nitrogen and oxygen atoms in total. The quantitative estimate of drug-likeness (QED) is 0.464. The van der Waals surface area contributed by atoms with Gasteiger partial charge in [-0.05, 0) is 52.3 Å². The number of aromatic hydroxyl groups is 1. The second kappa shape index (κ2) is 6.79. The van der Waals surface area contributed by atoms with Crippen molar-refractivity contribution in [3.8, 4) is 5.75 Å². The van der Waals surface area contributed by atoms with E-state index in [0.717, 1.165) is 28.1 Å². The molecule has 2 aromatic carbocycles. The van der Waals surface area contributed by atoms with Crippen molar-refractivity contribution in [1.29, 1.82) is 0 Å². The minimum absolute atomic E-state index is 0.00159. The van der Waals surface area contributed by atoms with Crippen LogP contribution in [0.25, 0.3) is 5.57 Å². The van der Waals surface area contributed by atoms with Gasteiger partial charge in [0.05, 0.1) is 5.69 Å². The Morgan fingerprint density at radius 2 is 1.56 bits per heavy atom. The summed E-state index contributed by atoms with van der Waals surface area (Å²) in [5.41, 5.74) is 9.17. The number of nitrogens with one attached hydrogen (secondary N) is 1. The van der Waals surface area contributed by atoms with Gasteiger partial charge in [-0.3, -0.25) is 0 Å². The molecule has 27 heavy (non-hydrogen) atoms. The van der Waals surface area contributed by atoms with Crippen molar-refractivity contribution in [3.63, 3.8) is 0 Å². The van der Waals surface area contributed by atoms with Gasteiger partial charge in [-0.1, -0.05) is 65.8 Å². The summed E-state index contributed by atoms with van der Waals surface area (Å²) in [6.45, 7) is 13.0. The lowest BCUT2D eigenvalue weighted by Crippen LogP contribution is -2.17. The van der Waals surface area contributed by atoms with Crippen LogP contribution >= 0.6 is 0 Å². The lowest BCUT2D eigenvalue weighted by atomic mass is 9.79. The number of hydrogen-bond donors (Lipinski definition) is 2. The molecule has 140 valence electrons. The number of phenolic OH excluding ortho intramolecular Hbond substituents is 1. The van der Waals surface area contributed by atoms with Crippen molar-refractivity contribution < 1.29 is 5.11 Å². The third-order valence-electron chi connectivity index (χ3n) is 4.86. The Morgan fingerprint density at radius 1 is 0.889 bits per heavy atom. The molecule has 0 bridgehead atoms. The van der Waals surface area contributed by atoms with Crippen molar-refractivity contribution in [2.24, 2.45) is 0 Å². The van der Waals surface area contributed by atoms with Gasteiger partial charge in [0.25, 0.3) is 0 Å². The molecular weight excluding hydrogens is 330 g/mol. The standard InChI is InChI=1S/C25H29NO/c1-24(2,3)19-15-21(25(4,5)6)23(27)22(16-19)26-20-13-11-18(12-14-20)17-9-7-8-10-17/h7-9,11-16,26-27H,1-6H3. The van der Waals surface area contributed by atoms with Gasteiger partial charge in [-0.2, -0.15) is 0 Å². The maximum Gasteiger partial charge on any atom is 0.142 e. The first-order valence-electron chi connectivity index (χ1n) is 9.44. The zero-order valence-corrected chi connectivity index (χ0v) is 17.1. The molecule has 0 fully saturated rings. The van der Waals surface area contributed by atoms with Crippen LogP contribution in [0.5, 0.6) is 5.75 Å². The molecule has 2 heteroatoms. The van der Waals surface area contributed by atoms with Crippen LogP contribution in [0.3, 0.4) is 0 Å². The first-order chi connectivity index (χ1) is 12.6. The Bertz CT molecular complexity index is 942. The highest BCUT2D eigenvalue weighted by Crippen LogP contribution is 2.41. The van der Waals surface area contributed by atoms with Crippen LogP contribution in [0.2, 0.25) is 0 Å². The molecule has 0 heterocycles. The van der Waals surface area contributed by atoms with Gasteiger partial charge in [0.15, 0.2) is 0 Å². The van der Waals surface area contributed by atoms with Crippen LogP contribution in [0, 0.1) is 0 Å². The van der Waals surface area contributed by atoms with Crippen molar-refractivity contribution >= 4 is 16.9 Å². The van der Waals surface area contributed by atoms with E-state index >= 15 is 0 Å². The largest absolute Gasteiger partial charge is 0.505 e. The molecule has 0 saturated heterocycles. The molecule has 1 aliphatic rings. The average Bonchev–Trinajstić information content (AvgIpc) is 3.09. The Kier molecular flexibility index (Phi) is 4.80. The van der Waals surface area contributed by atoms with E-state index < -0.39 is 0 Å². The monoisotopic (exact) mass is 359 g/mol. The molecule has 0 spiro atoms. The highest BCUT2D eigenvalue weighted by atomic mass is 16.3. The Hall–Kier alpha value is -2.70. The van der Waals surface area contributed by atoms with Crippen LogP contribution in [-0.4, -0.2) is 5.11 Å². The van der Waals surface area contributed by atoms with E-state index in [1.54, 1.807) is 0 Å². The number of rotatable bonds is 3. The molecule has 0 aliphatic heterocycles. The Balaban J connectivity index is 1.98. The molecule has 0 radical (unpaired) electrons. The zero-order valence-electron chi connectivity index (χ0n) is 17.1. The van der Waals surface area contributed by atoms with Crippen molar-refractivity contribution in [1.82, 2.24) is 0 Å². The lowest BCUT2D eigenvalue weighted by Gasteiger charge is -2.27. The van der Waals surface area contributed by atoms with Gasteiger partial charge >= 0.3 is 0 Å². The molecule has 0 amide bonds. The maximum absolute atomic E-state index is 10.9. The van der Waals surface area contributed by atoms with E-state index in [2.05, 4.69) is 82.9 Å². The van der Waals surface area contributed by atoms with E-state index in [9.17, 15) is 5.11 Å². The number of benzene rings is 2. The normalized spacial score (nSPS) is 13.8. The average molecular weight is 360 g/mol. The van der Waals surface area contributed by atoms with Crippen LogP contribution < -0.4 is 5.32 Å². The molecule has 2 N–H and O–H groups in total. The number of hydrogen-bond acceptors (Lipinski definition) is 2. The predicted octanol–water partition coefficient (Wildman–Crippen LogP) is 6.84. The zero-order chi connectivity index (χ0) is 19.8. The summed E-state index contributed by atoms with van der Waals surface area (Å²) < 4.78 is 0. The fourth-order valence-electron chi connectivity index (χ4n) is 3.13. The molecule has 0 atom stereocenters. The molecule has 1 aliphatic carbocycles. The Labute approximate surface area is 163 Å². The summed E-state index contributed by atoms with van der Waals surface area (Å²) in [4.78, 5) is 0. The molecule has 3 rings (SSSR count). The first-order valence-corrected chi connectivity index (χ1v) is 9.44. The van der Waals surface area contributed by atoms with E-state index in [1.807, 2.05) is 24.3 Å². The van der Waals surface area contributed by atoms with Crippen LogP contribution in [0.15, 0.2) is 60.4 Å². The lowest BCUT2D eigenvalue weighted by molar-refractivity contribution is 0.447. The predicted molar refractivity (Wildman–Crippen MR) is 116 cm³/mol. The van der Waals surface area contributed by atoms with Crippen LogP contribution in [-0.2, 0) is 10.8 Å². The molecule has 0 unspecified atom stereocenters. The third kappa shape index (κ3) is 4.18. The smallest absolute Gasteiger partial charge is 0.142 e. The van der Waals surface area contributed by atoms with Crippen molar-refractivity contribution in [2.75, 3.05) is 5.32 Å². The molecule has 0 saturated carbocycles. The van der Waals surface area contributed by atoms with E-state index in [1.165, 1.54) is 5.56 Å². The van der Waals surface area contributed by atoms with Gasteiger partial charge in [-0.25, -0.2) is 0 Å². The molecule has 2 aromatic rings. The fourth-order valence-corrected chi connectivity index (χ4v) is 3.13. The van der Waals surface area contributed by atoms with Crippen molar-refractivity contribution in [3.05, 3.63) is 77.0 Å². The third-order valence-corrected chi connectivity index (χ3v) is 4.86. The summed E-state index contributed by atoms with van der Waals surface area (Å²) >= 11 is 0. The molecular formula is C25H29NO. The van der Waals surface area contributed by atoms with Crippen LogP contribution in [0.4, 0.5) is 11.4 Å². The summed E-state index contributed by atoms with van der Waals surface area (Å²) in [6, 6.07) is 12.4. The summed E-state index contributed by atoms with van der Waals surface area (Å²) in [6.07, 6.45) is 5.97. The fraction of sp³-hybridized carbons (Fsp3) is 0.320. The van der Waals surface area contributed by atoms with Gasteiger partial charge in [0.2, 0.25) is 0 Å². The minimum Gasteiger partial charge on any atom is -0.505 e. The first kappa shape index (κ1) is 19.1. The maximum atomic E-state index is 10.9. The highest BCUT2D eigenvalue weighted by molar-refractivity contribution is 5.78. The number of anilines is 2. The van der Waals surface area contributed by atoms with Crippen molar-refractivity contribution in [2.45, 2.75) is 52.4 Å². The van der Waals surface area contributed by atoms with Gasteiger partial charge in [0, 0.05) is 16.8 Å². The molecule has 0 aromatic heterocycles. The topological polar surface area (TPSA) is 32.3 Å². The van der Waals surface area contributed by atoms with E-state index in [0.29, 0.717) is 5.75 Å². The van der Waals surface area contributed by atoms with E-state index in [4.69, 9.17) is 0 Å². The second-order valence-electron chi connectivity index (χ2n) is 9.21. The summed E-state index contributed by atoms with van der Waals surface area (Å²) in [5.74, 6) is 0.323. The highest BCUT2D eigenvalue weighted by Gasteiger charge is 2.25. The minimum atomic E-state index is -0.140. The second-order valence-corrected chi connectivity index (χ2v) is 9.21. The summed E-state index contributed by atoms with van der Waals surface area (Å²) in [5, 5.41) is 14.3.